The van der Waals surface area contributed by atoms with Gasteiger partial charge >= 0.3 is 0 Å². The van der Waals surface area contributed by atoms with Crippen LogP contribution in [-0.4, -0.2) is 26.3 Å². The first kappa shape index (κ1) is 14.2. The molecule has 1 fully saturated rings. The third-order valence-corrected chi connectivity index (χ3v) is 4.49. The number of halogens is 1. The Morgan fingerprint density at radius 2 is 2.10 bits per heavy atom. The van der Waals surface area contributed by atoms with Crippen molar-refractivity contribution in [3.63, 3.8) is 0 Å². The predicted octanol–water partition coefficient (Wildman–Crippen LogP) is 2.61. The summed E-state index contributed by atoms with van der Waals surface area (Å²) >= 11 is 3.56. The third-order valence-electron chi connectivity index (χ3n) is 3.90. The van der Waals surface area contributed by atoms with Gasteiger partial charge in [0, 0.05) is 12.6 Å². The average Bonchev–Trinajstić information content (AvgIpc) is 3.28. The first-order valence-corrected chi connectivity index (χ1v) is 8.09. The molecule has 1 aromatic rings. The molecule has 0 radical (unpaired) electrons. The van der Waals surface area contributed by atoms with Crippen LogP contribution in [0, 0.1) is 5.92 Å². The van der Waals surface area contributed by atoms with Gasteiger partial charge in [0.05, 0.1) is 4.47 Å². The van der Waals surface area contributed by atoms with Gasteiger partial charge in [-0.25, -0.2) is 0 Å². The minimum atomic E-state index is 0.167. The summed E-state index contributed by atoms with van der Waals surface area (Å²) in [4.78, 5) is 0. The standard InChI is InChI=1S/C15H21BrN2O2/c16-12-7-11(8-14-15(12)20-6-5-19-14)13(9-17)18-4-3-10-1-2-10/h7-8,10,13,18H,1-6,9,17H2. The monoisotopic (exact) mass is 340 g/mol. The maximum atomic E-state index is 5.91. The Morgan fingerprint density at radius 1 is 1.30 bits per heavy atom. The quantitative estimate of drug-likeness (QED) is 0.835. The van der Waals surface area contributed by atoms with Crippen LogP contribution in [0.2, 0.25) is 0 Å². The van der Waals surface area contributed by atoms with Crippen LogP contribution < -0.4 is 20.5 Å². The number of fused-ring (bicyclic) bond motifs is 1. The van der Waals surface area contributed by atoms with Crippen LogP contribution in [0.25, 0.3) is 0 Å². The highest BCUT2D eigenvalue weighted by molar-refractivity contribution is 9.10. The summed E-state index contributed by atoms with van der Waals surface area (Å²) in [6.07, 6.45) is 4.04. The van der Waals surface area contributed by atoms with Gasteiger partial charge in [-0.15, -0.1) is 0 Å². The number of hydrogen-bond acceptors (Lipinski definition) is 4. The van der Waals surface area contributed by atoms with Gasteiger partial charge in [0.2, 0.25) is 0 Å². The van der Waals surface area contributed by atoms with Crippen molar-refractivity contribution in [2.75, 3.05) is 26.3 Å². The van der Waals surface area contributed by atoms with E-state index in [2.05, 4.69) is 27.3 Å². The SMILES string of the molecule is NCC(NCCC1CC1)c1cc(Br)c2c(c1)OCCO2. The molecule has 2 aliphatic rings. The summed E-state index contributed by atoms with van der Waals surface area (Å²) in [6.45, 7) is 2.81. The molecule has 0 bridgehead atoms. The molecule has 1 aliphatic carbocycles. The smallest absolute Gasteiger partial charge is 0.175 e. The van der Waals surface area contributed by atoms with E-state index >= 15 is 0 Å². The molecular formula is C15H21BrN2O2. The van der Waals surface area contributed by atoms with Crippen molar-refractivity contribution in [2.24, 2.45) is 11.7 Å². The normalized spacial score (nSPS) is 18.9. The van der Waals surface area contributed by atoms with Crippen molar-refractivity contribution in [1.29, 1.82) is 0 Å². The lowest BCUT2D eigenvalue weighted by atomic mass is 10.1. The third kappa shape index (κ3) is 3.27. The van der Waals surface area contributed by atoms with Gasteiger partial charge in [0.1, 0.15) is 13.2 Å². The minimum absolute atomic E-state index is 0.167. The molecule has 5 heteroatoms. The van der Waals surface area contributed by atoms with Crippen LogP contribution in [0.15, 0.2) is 16.6 Å². The molecular weight excluding hydrogens is 320 g/mol. The lowest BCUT2D eigenvalue weighted by Gasteiger charge is -2.23. The van der Waals surface area contributed by atoms with E-state index in [1.54, 1.807) is 0 Å². The predicted molar refractivity (Wildman–Crippen MR) is 82.3 cm³/mol. The maximum absolute atomic E-state index is 5.91. The number of ether oxygens (including phenoxy) is 2. The fraction of sp³-hybridized carbons (Fsp3) is 0.600. The van der Waals surface area contributed by atoms with Crippen molar-refractivity contribution >= 4 is 15.9 Å². The first-order chi connectivity index (χ1) is 9.78. The van der Waals surface area contributed by atoms with Crippen LogP contribution in [0.4, 0.5) is 0 Å². The van der Waals surface area contributed by atoms with Gasteiger partial charge in [-0.05, 0) is 52.5 Å². The van der Waals surface area contributed by atoms with Crippen molar-refractivity contribution < 1.29 is 9.47 Å². The summed E-state index contributed by atoms with van der Waals surface area (Å²) in [7, 11) is 0. The molecule has 3 N–H and O–H groups in total. The lowest BCUT2D eigenvalue weighted by molar-refractivity contribution is 0.170. The lowest BCUT2D eigenvalue weighted by Crippen LogP contribution is -2.29. The highest BCUT2D eigenvalue weighted by atomic mass is 79.9. The van der Waals surface area contributed by atoms with E-state index in [1.165, 1.54) is 19.3 Å². The fourth-order valence-electron chi connectivity index (χ4n) is 2.54. The molecule has 1 atom stereocenters. The van der Waals surface area contributed by atoms with Crippen LogP contribution >= 0.6 is 15.9 Å². The van der Waals surface area contributed by atoms with Gasteiger partial charge in [0.25, 0.3) is 0 Å². The minimum Gasteiger partial charge on any atom is -0.486 e. The summed E-state index contributed by atoms with van der Waals surface area (Å²) < 4.78 is 12.2. The zero-order chi connectivity index (χ0) is 13.9. The summed E-state index contributed by atoms with van der Waals surface area (Å²) in [5, 5.41) is 3.55. The van der Waals surface area contributed by atoms with E-state index in [0.29, 0.717) is 19.8 Å². The van der Waals surface area contributed by atoms with Crippen molar-refractivity contribution in [1.82, 2.24) is 5.32 Å². The number of hydrogen-bond donors (Lipinski definition) is 2. The highest BCUT2D eigenvalue weighted by Crippen LogP contribution is 2.40. The van der Waals surface area contributed by atoms with Crippen molar-refractivity contribution in [3.05, 3.63) is 22.2 Å². The van der Waals surface area contributed by atoms with Crippen LogP contribution in [0.1, 0.15) is 30.9 Å². The molecule has 3 rings (SSSR count). The Bertz CT molecular complexity index is 477. The molecule has 0 aromatic heterocycles. The Hall–Kier alpha value is -0.780. The molecule has 0 amide bonds. The van der Waals surface area contributed by atoms with Crippen LogP contribution in [0.5, 0.6) is 11.5 Å². The van der Waals surface area contributed by atoms with Crippen LogP contribution in [0.3, 0.4) is 0 Å². The molecule has 4 nitrogen and oxygen atoms in total. The average molecular weight is 341 g/mol. The summed E-state index contributed by atoms with van der Waals surface area (Å²) in [6, 6.07) is 4.29. The van der Waals surface area contributed by atoms with E-state index in [4.69, 9.17) is 15.2 Å². The zero-order valence-corrected chi connectivity index (χ0v) is 13.1. The van der Waals surface area contributed by atoms with E-state index in [1.807, 2.05) is 6.07 Å². The molecule has 1 heterocycles. The number of benzene rings is 1. The first-order valence-electron chi connectivity index (χ1n) is 7.30. The molecule has 1 aliphatic heterocycles. The van der Waals surface area contributed by atoms with Crippen LogP contribution in [-0.2, 0) is 0 Å². The number of nitrogens with one attached hydrogen (secondary N) is 1. The van der Waals surface area contributed by atoms with Crippen molar-refractivity contribution in [3.8, 4) is 11.5 Å². The topological polar surface area (TPSA) is 56.5 Å². The molecule has 1 unspecified atom stereocenters. The van der Waals surface area contributed by atoms with Gasteiger partial charge in [0.15, 0.2) is 11.5 Å². The van der Waals surface area contributed by atoms with Crippen molar-refractivity contribution in [2.45, 2.75) is 25.3 Å². The fourth-order valence-corrected chi connectivity index (χ4v) is 3.11. The number of rotatable bonds is 6. The zero-order valence-electron chi connectivity index (χ0n) is 11.5. The second-order valence-electron chi connectivity index (χ2n) is 5.50. The Labute approximate surface area is 128 Å². The molecule has 1 saturated carbocycles. The molecule has 110 valence electrons. The van der Waals surface area contributed by atoms with E-state index in [9.17, 15) is 0 Å². The molecule has 0 spiro atoms. The number of nitrogens with two attached hydrogens (primary N) is 1. The van der Waals surface area contributed by atoms with E-state index < -0.39 is 0 Å². The molecule has 1 aromatic carbocycles. The van der Waals surface area contributed by atoms with E-state index in [-0.39, 0.29) is 6.04 Å². The Balaban J connectivity index is 1.71. The second kappa shape index (κ2) is 6.33. The summed E-state index contributed by atoms with van der Waals surface area (Å²) in [5.74, 6) is 2.55. The summed E-state index contributed by atoms with van der Waals surface area (Å²) in [5.41, 5.74) is 7.07. The molecule has 20 heavy (non-hydrogen) atoms. The van der Waals surface area contributed by atoms with Gasteiger partial charge in [-0.3, -0.25) is 0 Å². The Morgan fingerprint density at radius 3 is 2.85 bits per heavy atom. The van der Waals surface area contributed by atoms with Gasteiger partial charge in [-0.2, -0.15) is 0 Å². The molecule has 0 saturated heterocycles. The van der Waals surface area contributed by atoms with Gasteiger partial charge < -0.3 is 20.5 Å². The largest absolute Gasteiger partial charge is 0.486 e. The second-order valence-corrected chi connectivity index (χ2v) is 6.36. The highest BCUT2D eigenvalue weighted by Gasteiger charge is 2.22. The van der Waals surface area contributed by atoms with Gasteiger partial charge in [-0.1, -0.05) is 12.8 Å². The van der Waals surface area contributed by atoms with E-state index in [0.717, 1.165) is 34.0 Å². The Kier molecular flexibility index (Phi) is 4.48. The maximum Gasteiger partial charge on any atom is 0.175 e.